The Labute approximate surface area is 328 Å². The number of aromatic hydroxyl groups is 1. The van der Waals surface area contributed by atoms with Crippen molar-refractivity contribution in [1.29, 1.82) is 0 Å². The molecule has 8 nitrogen and oxygen atoms in total. The van der Waals surface area contributed by atoms with E-state index in [0.717, 1.165) is 72.2 Å². The molecule has 56 heavy (non-hydrogen) atoms. The van der Waals surface area contributed by atoms with Gasteiger partial charge in [0.1, 0.15) is 17.3 Å². The molecular formula is C48H51NO7. The SMILES string of the molecule is O=C1OC(=CCC(CO)C2CCNCC2)C2=C1C1C(CC2)C2CCC13C(=CC(CCO)Cc1ccccc1)OC(=O)C3=C2c1cc(O)ccc1-c1ccccc1. The van der Waals surface area contributed by atoms with Crippen molar-refractivity contribution < 1.29 is 34.4 Å². The number of carbonyl (C=O) groups is 2. The largest absolute Gasteiger partial charge is 0.508 e. The zero-order chi connectivity index (χ0) is 38.4. The molecule has 0 radical (unpaired) electrons. The summed E-state index contributed by atoms with van der Waals surface area (Å²) >= 11 is 0. The van der Waals surface area contributed by atoms with Crippen LogP contribution < -0.4 is 5.32 Å². The van der Waals surface area contributed by atoms with Crippen LogP contribution in [0.25, 0.3) is 16.7 Å². The number of cyclic esters (lactones) is 2. The maximum Gasteiger partial charge on any atom is 0.340 e. The van der Waals surface area contributed by atoms with Crippen LogP contribution in [0.5, 0.6) is 5.75 Å². The van der Waals surface area contributed by atoms with Crippen LogP contribution in [0.3, 0.4) is 0 Å². The smallest absolute Gasteiger partial charge is 0.340 e. The molecule has 1 spiro atoms. The van der Waals surface area contributed by atoms with Crippen LogP contribution in [0.4, 0.5) is 0 Å². The third-order valence-electron chi connectivity index (χ3n) is 13.8. The molecule has 3 aromatic rings. The number of hydrogen-bond acceptors (Lipinski definition) is 8. The van der Waals surface area contributed by atoms with E-state index >= 15 is 0 Å². The highest BCUT2D eigenvalue weighted by molar-refractivity contribution is 6.07. The maximum absolute atomic E-state index is 14.7. The van der Waals surface area contributed by atoms with Crippen molar-refractivity contribution in [1.82, 2.24) is 5.32 Å². The van der Waals surface area contributed by atoms with E-state index in [1.54, 1.807) is 12.1 Å². The quantitative estimate of drug-likeness (QED) is 0.147. The predicted molar refractivity (Wildman–Crippen MR) is 213 cm³/mol. The van der Waals surface area contributed by atoms with Gasteiger partial charge in [-0.25, -0.2) is 9.59 Å². The summed E-state index contributed by atoms with van der Waals surface area (Å²) in [5.74, 6) is 0.606. The molecule has 3 fully saturated rings. The van der Waals surface area contributed by atoms with E-state index in [4.69, 9.17) is 9.47 Å². The Kier molecular flexibility index (Phi) is 10.1. The summed E-state index contributed by atoms with van der Waals surface area (Å²) in [5.41, 5.74) is 6.07. The molecular weight excluding hydrogens is 703 g/mol. The molecule has 1 saturated carbocycles. The van der Waals surface area contributed by atoms with Crippen LogP contribution in [0, 0.1) is 40.9 Å². The first kappa shape index (κ1) is 36.9. The molecule has 4 N–H and O–H groups in total. The van der Waals surface area contributed by atoms with Crippen LogP contribution in [0.1, 0.15) is 62.5 Å². The molecule has 8 heteroatoms. The van der Waals surface area contributed by atoms with Crippen molar-refractivity contribution >= 4 is 17.5 Å². The minimum absolute atomic E-state index is 0.0178. The number of piperidine rings is 1. The fraction of sp³-hybridized carbons (Fsp3) is 0.417. The van der Waals surface area contributed by atoms with Gasteiger partial charge >= 0.3 is 11.9 Å². The Morgan fingerprint density at radius 1 is 0.857 bits per heavy atom. The lowest BCUT2D eigenvalue weighted by Gasteiger charge is -2.56. The molecule has 6 unspecified atom stereocenters. The molecule has 0 aromatic heterocycles. The van der Waals surface area contributed by atoms with Crippen LogP contribution in [-0.4, -0.2) is 53.6 Å². The number of esters is 2. The van der Waals surface area contributed by atoms with Gasteiger partial charge in [0.05, 0.1) is 11.0 Å². The molecule has 2 saturated heterocycles. The number of hydrogen-bond donors (Lipinski definition) is 4. The molecule has 3 aliphatic heterocycles. The minimum atomic E-state index is -0.923. The summed E-state index contributed by atoms with van der Waals surface area (Å²) in [6, 6.07) is 25.7. The molecule has 3 aromatic carbocycles. The number of aliphatic hydroxyl groups excluding tert-OH is 2. The zero-order valence-corrected chi connectivity index (χ0v) is 31.8. The average molecular weight is 754 g/mol. The second-order valence-corrected chi connectivity index (χ2v) is 16.7. The highest BCUT2D eigenvalue weighted by Gasteiger charge is 2.68. The van der Waals surface area contributed by atoms with E-state index in [2.05, 4.69) is 35.7 Å². The summed E-state index contributed by atoms with van der Waals surface area (Å²) in [6.07, 6.45) is 10.9. The summed E-state index contributed by atoms with van der Waals surface area (Å²) in [7, 11) is 0. The summed E-state index contributed by atoms with van der Waals surface area (Å²) in [5, 5.41) is 35.1. The third kappa shape index (κ3) is 6.27. The van der Waals surface area contributed by atoms with Crippen LogP contribution >= 0.6 is 0 Å². The lowest BCUT2D eigenvalue weighted by Crippen LogP contribution is -2.52. The normalized spacial score (nSPS) is 28.3. The summed E-state index contributed by atoms with van der Waals surface area (Å²) < 4.78 is 12.7. The fourth-order valence-electron chi connectivity index (χ4n) is 11.4. The van der Waals surface area contributed by atoms with Gasteiger partial charge < -0.3 is 30.1 Å². The first-order valence-electron chi connectivity index (χ1n) is 20.6. The molecule has 4 aliphatic carbocycles. The van der Waals surface area contributed by atoms with Crippen LogP contribution in [0.15, 0.2) is 119 Å². The number of phenols is 1. The van der Waals surface area contributed by atoms with Gasteiger partial charge in [-0.3, -0.25) is 0 Å². The Morgan fingerprint density at radius 3 is 2.38 bits per heavy atom. The lowest BCUT2D eigenvalue weighted by atomic mass is 9.44. The Balaban J connectivity index is 1.21. The van der Waals surface area contributed by atoms with E-state index in [-0.39, 0.29) is 54.5 Å². The molecule has 2 bridgehead atoms. The Bertz CT molecular complexity index is 2130. The van der Waals surface area contributed by atoms with Crippen molar-refractivity contribution in [2.75, 3.05) is 26.3 Å². The van der Waals surface area contributed by atoms with Crippen molar-refractivity contribution in [3.63, 3.8) is 0 Å². The van der Waals surface area contributed by atoms with Crippen molar-refractivity contribution in [3.8, 4) is 16.9 Å². The monoisotopic (exact) mass is 753 g/mol. The first-order chi connectivity index (χ1) is 27.4. The first-order valence-corrected chi connectivity index (χ1v) is 20.6. The van der Waals surface area contributed by atoms with Crippen LogP contribution in [-0.2, 0) is 25.5 Å². The Hall–Kier alpha value is -4.76. The van der Waals surface area contributed by atoms with Gasteiger partial charge in [-0.15, -0.1) is 0 Å². The van der Waals surface area contributed by atoms with Gasteiger partial charge in [0.25, 0.3) is 0 Å². The van der Waals surface area contributed by atoms with Gasteiger partial charge in [0, 0.05) is 30.3 Å². The van der Waals surface area contributed by atoms with Crippen LogP contribution in [0.2, 0.25) is 0 Å². The van der Waals surface area contributed by atoms with Gasteiger partial charge in [0.2, 0.25) is 0 Å². The molecule has 10 rings (SSSR count). The Morgan fingerprint density at radius 2 is 1.62 bits per heavy atom. The molecule has 6 atom stereocenters. The molecule has 7 aliphatic rings. The summed E-state index contributed by atoms with van der Waals surface area (Å²) in [6.45, 7) is 1.97. The molecule has 0 amide bonds. The van der Waals surface area contributed by atoms with Gasteiger partial charge in [0.15, 0.2) is 0 Å². The number of carbonyl (C=O) groups excluding carboxylic acids is 2. The van der Waals surface area contributed by atoms with E-state index < -0.39 is 11.4 Å². The number of nitrogens with one attached hydrogen (secondary N) is 1. The maximum atomic E-state index is 14.7. The topological polar surface area (TPSA) is 125 Å². The van der Waals surface area contributed by atoms with E-state index in [9.17, 15) is 24.9 Å². The predicted octanol–water partition coefficient (Wildman–Crippen LogP) is 7.67. The standard InChI is InChI=1S/C48H51NO7/c50-24-20-30(25-29-7-3-1-4-8-29)26-41-48-21-17-36(42(45(48)47(54)56-41)39-27-34(52)12-13-35(39)32-9-5-2-6-10-32)37-14-15-38-40(55-46(53)43(38)44(37)48)16-11-33(28-51)31-18-22-49-23-19-31/h1-10,12-13,16,26-27,30-31,33,36-37,44,49-52H,11,14-15,17-25,28H2. The average Bonchev–Trinajstić information content (AvgIpc) is 3.71. The number of phenolic OH excluding ortho intramolecular Hbond substituents is 1. The fourth-order valence-corrected chi connectivity index (χ4v) is 11.4. The van der Waals surface area contributed by atoms with E-state index in [1.165, 1.54) is 0 Å². The molecule has 290 valence electrons. The van der Waals surface area contributed by atoms with E-state index in [0.29, 0.717) is 60.7 Å². The van der Waals surface area contributed by atoms with Crippen molar-refractivity contribution in [3.05, 3.63) is 130 Å². The number of aliphatic hydroxyl groups is 2. The summed E-state index contributed by atoms with van der Waals surface area (Å²) in [4.78, 5) is 29.0. The number of rotatable bonds is 11. The number of allylic oxidation sites excluding steroid dienone is 5. The number of fused-ring (bicyclic) bond motifs is 1. The van der Waals surface area contributed by atoms with Gasteiger partial charge in [-0.2, -0.15) is 0 Å². The second kappa shape index (κ2) is 15.3. The third-order valence-corrected chi connectivity index (χ3v) is 13.8. The van der Waals surface area contributed by atoms with Gasteiger partial charge in [-0.05, 0) is 153 Å². The van der Waals surface area contributed by atoms with E-state index in [1.807, 2.05) is 48.5 Å². The minimum Gasteiger partial charge on any atom is -0.508 e. The van der Waals surface area contributed by atoms with Crippen molar-refractivity contribution in [2.24, 2.45) is 40.9 Å². The number of benzene rings is 3. The highest BCUT2D eigenvalue weighted by Crippen LogP contribution is 2.72. The molecule has 3 heterocycles. The van der Waals surface area contributed by atoms with Crippen molar-refractivity contribution in [2.45, 2.75) is 57.8 Å². The second-order valence-electron chi connectivity index (χ2n) is 16.7. The number of ether oxygens (including phenoxy) is 2. The van der Waals surface area contributed by atoms with Gasteiger partial charge in [-0.1, -0.05) is 66.7 Å². The lowest BCUT2D eigenvalue weighted by molar-refractivity contribution is -0.135. The highest BCUT2D eigenvalue weighted by atomic mass is 16.5. The zero-order valence-electron chi connectivity index (χ0n) is 31.8.